The van der Waals surface area contributed by atoms with E-state index in [4.69, 9.17) is 28.4 Å². The van der Waals surface area contributed by atoms with Crippen molar-refractivity contribution in [3.63, 3.8) is 0 Å². The minimum absolute atomic E-state index is 0.0393. The minimum Gasteiger partial charge on any atom is -0.493 e. The second-order valence-electron chi connectivity index (χ2n) is 8.86. The van der Waals surface area contributed by atoms with Gasteiger partial charge in [-0.3, -0.25) is 15.0 Å². The Morgan fingerprint density at radius 2 is 1.42 bits per heavy atom. The third kappa shape index (κ3) is 5.26. The predicted molar refractivity (Wildman–Crippen MR) is 142 cm³/mol. The summed E-state index contributed by atoms with van der Waals surface area (Å²) < 4.78 is 33.3. The van der Waals surface area contributed by atoms with Crippen LogP contribution < -0.4 is 28.4 Å². The van der Waals surface area contributed by atoms with Gasteiger partial charge in [0.15, 0.2) is 34.5 Å². The molecule has 1 aliphatic rings. The van der Waals surface area contributed by atoms with Crippen LogP contribution in [0.4, 0.5) is 5.69 Å². The van der Waals surface area contributed by atoms with Gasteiger partial charge in [-0.05, 0) is 61.3 Å². The van der Waals surface area contributed by atoms with Crippen LogP contribution in [0, 0.1) is 10.1 Å². The minimum atomic E-state index is -0.392. The average Bonchev–Trinajstić information content (AvgIpc) is 2.93. The van der Waals surface area contributed by atoms with E-state index in [1.54, 1.807) is 45.6 Å². The van der Waals surface area contributed by atoms with E-state index in [0.717, 1.165) is 24.1 Å². The van der Waals surface area contributed by atoms with E-state index >= 15 is 0 Å². The zero-order valence-electron chi connectivity index (χ0n) is 22.4. The Kier molecular flexibility index (Phi) is 8.11. The van der Waals surface area contributed by atoms with Crippen LogP contribution >= 0.6 is 0 Å². The van der Waals surface area contributed by atoms with Gasteiger partial charge in [0, 0.05) is 24.2 Å². The second kappa shape index (κ2) is 11.5. The molecule has 10 nitrogen and oxygen atoms in total. The van der Waals surface area contributed by atoms with Gasteiger partial charge in [-0.15, -0.1) is 0 Å². The molecule has 0 radical (unpaired) electrons. The smallest absolute Gasteiger partial charge is 0.276 e. The van der Waals surface area contributed by atoms with Crippen LogP contribution in [0.25, 0.3) is 0 Å². The molecule has 38 heavy (non-hydrogen) atoms. The van der Waals surface area contributed by atoms with E-state index in [1.807, 2.05) is 19.2 Å². The maximum Gasteiger partial charge on any atom is 0.276 e. The van der Waals surface area contributed by atoms with Crippen LogP contribution in [0.2, 0.25) is 0 Å². The summed E-state index contributed by atoms with van der Waals surface area (Å²) in [6.45, 7) is 0.798. The molecule has 0 saturated heterocycles. The molecule has 0 N–H and O–H groups in total. The maximum absolute atomic E-state index is 12.1. The molecule has 0 bridgehead atoms. The van der Waals surface area contributed by atoms with Crippen molar-refractivity contribution < 1.29 is 33.3 Å². The molecular weight excluding hydrogens is 492 g/mol. The zero-order chi connectivity index (χ0) is 27.4. The first kappa shape index (κ1) is 26.9. The fourth-order valence-corrected chi connectivity index (χ4v) is 4.80. The third-order valence-corrected chi connectivity index (χ3v) is 6.83. The zero-order valence-corrected chi connectivity index (χ0v) is 22.4. The summed E-state index contributed by atoms with van der Waals surface area (Å²) in [6.07, 6.45) is 1.21. The van der Waals surface area contributed by atoms with E-state index in [9.17, 15) is 10.1 Å². The molecule has 1 heterocycles. The van der Waals surface area contributed by atoms with Crippen molar-refractivity contribution in [1.82, 2.24) is 4.90 Å². The Labute approximate surface area is 221 Å². The molecule has 4 rings (SSSR count). The van der Waals surface area contributed by atoms with Crippen molar-refractivity contribution in [3.05, 3.63) is 69.3 Å². The van der Waals surface area contributed by atoms with Crippen LogP contribution in [-0.2, 0) is 12.8 Å². The molecule has 0 unspecified atom stereocenters. The first-order chi connectivity index (χ1) is 18.3. The lowest BCUT2D eigenvalue weighted by Gasteiger charge is -2.35. The Morgan fingerprint density at radius 3 is 2.05 bits per heavy atom. The number of likely N-dealkylation sites (N-methyl/N-ethyl adjacent to an activating group) is 1. The number of fused-ring (bicyclic) bond motifs is 1. The fraction of sp³-hybridized carbons (Fsp3) is 0.357. The second-order valence-corrected chi connectivity index (χ2v) is 8.86. The van der Waals surface area contributed by atoms with E-state index in [-0.39, 0.29) is 17.5 Å². The highest BCUT2D eigenvalue weighted by molar-refractivity contribution is 5.57. The molecule has 1 aliphatic heterocycles. The van der Waals surface area contributed by atoms with Crippen molar-refractivity contribution >= 4 is 5.69 Å². The average molecular weight is 525 g/mol. The topological polar surface area (TPSA) is 102 Å². The van der Waals surface area contributed by atoms with Gasteiger partial charge >= 0.3 is 0 Å². The molecule has 0 aromatic heterocycles. The van der Waals surface area contributed by atoms with Crippen LogP contribution in [0.3, 0.4) is 0 Å². The van der Waals surface area contributed by atoms with Crippen molar-refractivity contribution in [2.75, 3.05) is 49.1 Å². The Hall–Kier alpha value is -4.18. The van der Waals surface area contributed by atoms with E-state index < -0.39 is 4.92 Å². The number of methoxy groups -OCH3 is 5. The number of hydrogen-bond donors (Lipinski definition) is 0. The van der Waals surface area contributed by atoms with Crippen molar-refractivity contribution in [3.8, 4) is 40.2 Å². The van der Waals surface area contributed by atoms with Gasteiger partial charge in [-0.1, -0.05) is 0 Å². The molecule has 0 saturated carbocycles. The van der Waals surface area contributed by atoms with Crippen molar-refractivity contribution in [2.45, 2.75) is 18.9 Å². The SMILES string of the molecule is COc1ccc(Oc2cc(C[C@H]3c4cc(OC)c(OC)cc4CCN3C)c([N+](=O)[O-])cc2OC)cc1OC. The number of nitrogens with zero attached hydrogens (tertiary/aromatic N) is 2. The van der Waals surface area contributed by atoms with E-state index in [2.05, 4.69) is 4.90 Å². The summed E-state index contributed by atoms with van der Waals surface area (Å²) in [5, 5.41) is 12.1. The summed E-state index contributed by atoms with van der Waals surface area (Å²) >= 11 is 0. The van der Waals surface area contributed by atoms with Crippen LogP contribution in [0.5, 0.6) is 40.2 Å². The van der Waals surface area contributed by atoms with Gasteiger partial charge in [0.1, 0.15) is 5.75 Å². The van der Waals surface area contributed by atoms with Gasteiger partial charge < -0.3 is 28.4 Å². The Bertz CT molecular complexity index is 1330. The molecule has 10 heteroatoms. The molecule has 0 aliphatic carbocycles. The fourth-order valence-electron chi connectivity index (χ4n) is 4.80. The largest absolute Gasteiger partial charge is 0.493 e. The first-order valence-electron chi connectivity index (χ1n) is 12.0. The summed E-state index contributed by atoms with van der Waals surface area (Å²) in [6, 6.07) is 12.0. The molecular formula is C28H32N2O8. The Balaban J connectivity index is 1.76. The monoisotopic (exact) mass is 524 g/mol. The van der Waals surface area contributed by atoms with Gasteiger partial charge in [-0.2, -0.15) is 0 Å². The number of rotatable bonds is 10. The highest BCUT2D eigenvalue weighted by atomic mass is 16.6. The normalized spacial score (nSPS) is 14.8. The molecule has 0 fully saturated rings. The summed E-state index contributed by atoms with van der Waals surface area (Å²) in [5.41, 5.74) is 2.65. The third-order valence-electron chi connectivity index (χ3n) is 6.83. The number of nitro benzene ring substituents is 1. The summed E-state index contributed by atoms with van der Waals surface area (Å²) in [7, 11) is 9.76. The number of nitro groups is 1. The highest BCUT2D eigenvalue weighted by Gasteiger charge is 2.30. The van der Waals surface area contributed by atoms with Crippen molar-refractivity contribution in [2.24, 2.45) is 0 Å². The summed E-state index contributed by atoms with van der Waals surface area (Å²) in [4.78, 5) is 13.9. The van der Waals surface area contributed by atoms with Gasteiger partial charge in [0.25, 0.3) is 5.69 Å². The lowest BCUT2D eigenvalue weighted by molar-refractivity contribution is -0.385. The molecule has 3 aromatic rings. The molecule has 202 valence electrons. The van der Waals surface area contributed by atoms with Gasteiger partial charge in [-0.25, -0.2) is 0 Å². The predicted octanol–water partition coefficient (Wildman–Crippen LogP) is 5.20. The number of benzene rings is 3. The molecule has 0 spiro atoms. The van der Waals surface area contributed by atoms with E-state index in [0.29, 0.717) is 46.5 Å². The summed E-state index contributed by atoms with van der Waals surface area (Å²) in [5.74, 6) is 3.41. The van der Waals surface area contributed by atoms with Crippen LogP contribution in [-0.4, -0.2) is 59.0 Å². The van der Waals surface area contributed by atoms with Gasteiger partial charge in [0.05, 0.1) is 46.5 Å². The maximum atomic E-state index is 12.1. The highest BCUT2D eigenvalue weighted by Crippen LogP contribution is 2.43. The Morgan fingerprint density at radius 1 is 0.816 bits per heavy atom. The quantitative estimate of drug-likeness (QED) is 0.261. The van der Waals surface area contributed by atoms with E-state index in [1.165, 1.54) is 20.3 Å². The molecule has 0 amide bonds. The lowest BCUT2D eigenvalue weighted by atomic mass is 9.88. The molecule has 1 atom stereocenters. The first-order valence-corrected chi connectivity index (χ1v) is 12.0. The van der Waals surface area contributed by atoms with Crippen LogP contribution in [0.15, 0.2) is 42.5 Å². The van der Waals surface area contributed by atoms with Gasteiger partial charge in [0.2, 0.25) is 0 Å². The number of ether oxygens (including phenoxy) is 6. The molecule has 3 aromatic carbocycles. The van der Waals surface area contributed by atoms with Crippen LogP contribution in [0.1, 0.15) is 22.7 Å². The van der Waals surface area contributed by atoms with Crippen molar-refractivity contribution in [1.29, 1.82) is 0 Å². The lowest BCUT2D eigenvalue weighted by Crippen LogP contribution is -2.33. The standard InChI is InChI=1S/C28H32N2O8/c1-29-10-9-17-12-24(34-3)26(36-5)15-20(17)22(29)11-18-13-28(27(37-6)16-21(18)30(31)32)38-19-7-8-23(33-2)25(14-19)35-4/h7-8,12-16,22H,9-11H2,1-6H3/t22-/m0/s1. The number of hydrogen-bond acceptors (Lipinski definition) is 9.